The molecule has 0 aliphatic rings. The molecule has 0 fully saturated rings. The van der Waals surface area contributed by atoms with Crippen molar-refractivity contribution in [3.05, 3.63) is 76.9 Å². The molecule has 158 valence electrons. The Morgan fingerprint density at radius 3 is 2.23 bits per heavy atom. The van der Waals surface area contributed by atoms with Gasteiger partial charge in [-0.05, 0) is 36.1 Å². The Morgan fingerprint density at radius 1 is 1.00 bits per heavy atom. The Labute approximate surface area is 181 Å². The maximum absolute atomic E-state index is 12.7. The molecule has 6 heteroatoms. The van der Waals surface area contributed by atoms with Crippen molar-refractivity contribution < 1.29 is 19.1 Å². The van der Waals surface area contributed by atoms with Gasteiger partial charge in [-0.1, -0.05) is 49.4 Å². The van der Waals surface area contributed by atoms with Gasteiger partial charge in [0.25, 0.3) is 0 Å². The summed E-state index contributed by atoms with van der Waals surface area (Å²) in [5.41, 5.74) is 4.97. The summed E-state index contributed by atoms with van der Waals surface area (Å²) in [4.78, 5) is 28.6. The van der Waals surface area contributed by atoms with E-state index in [-0.39, 0.29) is 6.61 Å². The van der Waals surface area contributed by atoms with Gasteiger partial charge in [0.05, 0.1) is 25.9 Å². The van der Waals surface area contributed by atoms with Crippen molar-refractivity contribution in [2.75, 3.05) is 13.7 Å². The van der Waals surface area contributed by atoms with Crippen molar-refractivity contribution in [2.24, 2.45) is 7.05 Å². The molecule has 0 spiro atoms. The van der Waals surface area contributed by atoms with Crippen LogP contribution in [-0.4, -0.2) is 30.2 Å². The molecule has 0 atom stereocenters. The van der Waals surface area contributed by atoms with Crippen LogP contribution in [0.15, 0.2) is 48.5 Å². The van der Waals surface area contributed by atoms with Gasteiger partial charge in [0, 0.05) is 18.3 Å². The molecule has 31 heavy (non-hydrogen) atoms. The minimum Gasteiger partial charge on any atom is -0.465 e. The number of methoxy groups -OCH3 is 1. The summed E-state index contributed by atoms with van der Waals surface area (Å²) < 4.78 is 11.9. The second kappa shape index (κ2) is 9.31. The first kappa shape index (κ1) is 21.8. The van der Waals surface area contributed by atoms with Gasteiger partial charge in [-0.3, -0.25) is 0 Å². The van der Waals surface area contributed by atoms with E-state index >= 15 is 0 Å². The molecule has 6 nitrogen and oxygen atoms in total. The van der Waals surface area contributed by atoms with Crippen molar-refractivity contribution in [1.29, 1.82) is 0 Å². The molecule has 0 bridgehead atoms. The lowest BCUT2D eigenvalue weighted by Crippen LogP contribution is -2.12. The van der Waals surface area contributed by atoms with Crippen LogP contribution in [0.5, 0.6) is 0 Å². The van der Waals surface area contributed by atoms with Gasteiger partial charge in [-0.2, -0.15) is 0 Å². The molecular weight excluding hydrogens is 392 g/mol. The van der Waals surface area contributed by atoms with Crippen molar-refractivity contribution in [3.8, 4) is 22.3 Å². The number of rotatable bonds is 6. The predicted molar refractivity (Wildman–Crippen MR) is 119 cm³/mol. The standard InChI is InChI=1S/C25H24N2O4/c1-6-20-22(26-3)21(23(27(20)4)25(29)31-7-2)17-14-12-16(13-15-17)18-10-8-9-11-19(18)24(28)30-5/h8-15H,6-7H2,1-2,4-5H3. The number of carbonyl (C=O) groups is 2. The van der Waals surface area contributed by atoms with Crippen LogP contribution in [0.25, 0.3) is 27.1 Å². The zero-order valence-electron chi connectivity index (χ0n) is 18.1. The fourth-order valence-corrected chi connectivity index (χ4v) is 3.79. The fraction of sp³-hybridized carbons (Fsp3) is 0.240. The van der Waals surface area contributed by atoms with Crippen LogP contribution in [0.4, 0.5) is 5.69 Å². The van der Waals surface area contributed by atoms with E-state index in [1.807, 2.05) is 43.3 Å². The van der Waals surface area contributed by atoms with Gasteiger partial charge in [0.1, 0.15) is 5.69 Å². The summed E-state index contributed by atoms with van der Waals surface area (Å²) in [5.74, 6) is -0.861. The topological polar surface area (TPSA) is 61.9 Å². The smallest absolute Gasteiger partial charge is 0.354 e. The number of hydrogen-bond donors (Lipinski definition) is 0. The SMILES string of the molecule is [C-]#[N+]c1c(-c2ccc(-c3ccccc3C(=O)OC)cc2)c(C(=O)OCC)n(C)c1CC. The Morgan fingerprint density at radius 2 is 1.65 bits per heavy atom. The number of ether oxygens (including phenoxy) is 2. The van der Waals surface area contributed by atoms with Crippen LogP contribution in [0.3, 0.4) is 0 Å². The maximum atomic E-state index is 12.7. The zero-order chi connectivity index (χ0) is 22.5. The summed E-state index contributed by atoms with van der Waals surface area (Å²) in [6, 6.07) is 14.7. The van der Waals surface area contributed by atoms with E-state index < -0.39 is 11.9 Å². The number of benzene rings is 2. The Kier molecular flexibility index (Phi) is 6.56. The van der Waals surface area contributed by atoms with Crippen LogP contribution >= 0.6 is 0 Å². The molecule has 0 unspecified atom stereocenters. The summed E-state index contributed by atoms with van der Waals surface area (Å²) in [6.07, 6.45) is 0.616. The van der Waals surface area contributed by atoms with Crippen molar-refractivity contribution in [2.45, 2.75) is 20.3 Å². The number of nitrogens with zero attached hydrogens (tertiary/aromatic N) is 2. The number of carbonyl (C=O) groups excluding carboxylic acids is 2. The molecular formula is C25H24N2O4. The van der Waals surface area contributed by atoms with E-state index in [4.69, 9.17) is 16.0 Å². The largest absolute Gasteiger partial charge is 0.465 e. The Hall–Kier alpha value is -3.85. The third-order valence-corrected chi connectivity index (χ3v) is 5.22. The molecule has 1 aromatic heterocycles. The molecule has 0 aliphatic carbocycles. The van der Waals surface area contributed by atoms with E-state index in [1.54, 1.807) is 30.7 Å². The average Bonchev–Trinajstić information content (AvgIpc) is 3.10. The molecule has 1 heterocycles. The van der Waals surface area contributed by atoms with E-state index in [2.05, 4.69) is 4.85 Å². The summed E-state index contributed by atoms with van der Waals surface area (Å²) >= 11 is 0. The third-order valence-electron chi connectivity index (χ3n) is 5.22. The summed E-state index contributed by atoms with van der Waals surface area (Å²) in [6.45, 7) is 11.7. The number of hydrogen-bond acceptors (Lipinski definition) is 4. The predicted octanol–water partition coefficient (Wildman–Crippen LogP) is 5.44. The molecule has 0 amide bonds. The molecule has 0 saturated carbocycles. The number of aromatic nitrogens is 1. The second-order valence-corrected chi connectivity index (χ2v) is 6.88. The Balaban J connectivity index is 2.15. The summed E-state index contributed by atoms with van der Waals surface area (Å²) in [5, 5.41) is 0. The average molecular weight is 416 g/mol. The highest BCUT2D eigenvalue weighted by atomic mass is 16.5. The quantitative estimate of drug-likeness (QED) is 0.397. The molecule has 2 aromatic carbocycles. The Bertz CT molecular complexity index is 1170. The first-order valence-electron chi connectivity index (χ1n) is 10.0. The van der Waals surface area contributed by atoms with Crippen LogP contribution in [0, 0.1) is 6.57 Å². The zero-order valence-corrected chi connectivity index (χ0v) is 18.1. The second-order valence-electron chi connectivity index (χ2n) is 6.88. The van der Waals surface area contributed by atoms with E-state index in [9.17, 15) is 9.59 Å². The molecule has 0 saturated heterocycles. The van der Waals surface area contributed by atoms with Crippen molar-refractivity contribution in [3.63, 3.8) is 0 Å². The van der Waals surface area contributed by atoms with Gasteiger partial charge in [-0.25, -0.2) is 14.4 Å². The van der Waals surface area contributed by atoms with E-state index in [0.717, 1.165) is 22.4 Å². The van der Waals surface area contributed by atoms with Crippen LogP contribution in [0.1, 0.15) is 40.4 Å². The lowest BCUT2D eigenvalue weighted by molar-refractivity contribution is 0.0515. The monoisotopic (exact) mass is 416 g/mol. The normalized spacial score (nSPS) is 10.4. The van der Waals surface area contributed by atoms with E-state index in [1.165, 1.54) is 7.11 Å². The van der Waals surface area contributed by atoms with Crippen molar-refractivity contribution >= 4 is 17.6 Å². The molecule has 0 N–H and O–H groups in total. The third kappa shape index (κ3) is 3.95. The lowest BCUT2D eigenvalue weighted by atomic mass is 9.96. The highest BCUT2D eigenvalue weighted by Gasteiger charge is 2.27. The summed E-state index contributed by atoms with van der Waals surface area (Å²) in [7, 11) is 3.13. The first-order valence-corrected chi connectivity index (χ1v) is 10.0. The van der Waals surface area contributed by atoms with E-state index in [0.29, 0.717) is 28.9 Å². The number of esters is 2. The first-order chi connectivity index (χ1) is 15.0. The van der Waals surface area contributed by atoms with Gasteiger partial charge in [-0.15, -0.1) is 0 Å². The van der Waals surface area contributed by atoms with Crippen molar-refractivity contribution in [1.82, 2.24) is 4.57 Å². The molecule has 0 aliphatic heterocycles. The molecule has 3 rings (SSSR count). The van der Waals surface area contributed by atoms with Gasteiger partial charge < -0.3 is 14.0 Å². The maximum Gasteiger partial charge on any atom is 0.354 e. The molecule has 0 radical (unpaired) electrons. The van der Waals surface area contributed by atoms with Crippen LogP contribution in [0.2, 0.25) is 0 Å². The minimum atomic E-state index is -0.454. The van der Waals surface area contributed by atoms with Crippen LogP contribution < -0.4 is 0 Å². The van der Waals surface area contributed by atoms with Gasteiger partial charge in [0.15, 0.2) is 0 Å². The lowest BCUT2D eigenvalue weighted by Gasteiger charge is -2.11. The highest BCUT2D eigenvalue weighted by Crippen LogP contribution is 2.40. The molecule has 3 aromatic rings. The highest BCUT2D eigenvalue weighted by molar-refractivity contribution is 6.02. The van der Waals surface area contributed by atoms with Crippen LogP contribution in [-0.2, 0) is 22.9 Å². The van der Waals surface area contributed by atoms with Gasteiger partial charge in [0.2, 0.25) is 5.69 Å². The van der Waals surface area contributed by atoms with Gasteiger partial charge >= 0.3 is 11.9 Å². The minimum absolute atomic E-state index is 0.252. The fourth-order valence-electron chi connectivity index (χ4n) is 3.79.